The molecule has 0 N–H and O–H groups in total. The van der Waals surface area contributed by atoms with E-state index < -0.39 is 24.2 Å². The molecule has 0 aliphatic carbocycles. The summed E-state index contributed by atoms with van der Waals surface area (Å²) in [6, 6.07) is 31.6. The molecule has 0 saturated heterocycles. The minimum Gasteiger partial charge on any atom is -0.456 e. The average molecular weight is 555 g/mol. The second-order valence-corrected chi connectivity index (χ2v) is 10.6. The number of para-hydroxylation sites is 1. The average Bonchev–Trinajstić information content (AvgIpc) is 3.17. The summed E-state index contributed by atoms with van der Waals surface area (Å²) in [4.78, 5) is 0. The molecule has 0 fully saturated rings. The maximum absolute atomic E-state index is 9.38. The fourth-order valence-corrected chi connectivity index (χ4v) is 6.47. The Morgan fingerprint density at radius 1 is 0.395 bits per heavy atom. The van der Waals surface area contributed by atoms with Crippen LogP contribution >= 0.6 is 0 Å². The Bertz CT molecular complexity index is 2730. The topological polar surface area (TPSA) is 9.23 Å². The van der Waals surface area contributed by atoms with E-state index >= 15 is 0 Å². The smallest absolute Gasteiger partial charge is 0.135 e. The van der Waals surface area contributed by atoms with Gasteiger partial charge in [0.05, 0.1) is 11.0 Å². The van der Waals surface area contributed by atoms with Crippen LogP contribution in [0.2, 0.25) is 0 Å². The zero-order valence-electron chi connectivity index (χ0n) is 30.8. The third-order valence-corrected chi connectivity index (χ3v) is 8.30. The summed E-state index contributed by atoms with van der Waals surface area (Å²) in [6.45, 7) is 0. The van der Waals surface area contributed by atoms with Gasteiger partial charge < -0.3 is 4.74 Å². The van der Waals surface area contributed by atoms with Gasteiger partial charge in [0.15, 0.2) is 0 Å². The molecule has 0 spiro atoms. The number of hydrogen-bond donors (Lipinski definition) is 0. The van der Waals surface area contributed by atoms with E-state index in [0.717, 1.165) is 33.0 Å². The molecule has 0 saturated carbocycles. The van der Waals surface area contributed by atoms with Crippen LogP contribution in [0, 0.1) is 0 Å². The maximum atomic E-state index is 9.38. The highest BCUT2D eigenvalue weighted by Gasteiger charge is 2.23. The van der Waals surface area contributed by atoms with Gasteiger partial charge in [0.1, 0.15) is 11.5 Å². The molecule has 9 rings (SSSR count). The summed E-state index contributed by atoms with van der Waals surface area (Å²) in [5.74, 6) is 1.33. The highest BCUT2D eigenvalue weighted by atomic mass is 16.5. The Morgan fingerprint density at radius 2 is 1.00 bits per heavy atom. The van der Waals surface area contributed by atoms with Gasteiger partial charge in [-0.05, 0) is 90.1 Å². The zero-order chi connectivity index (χ0) is 35.3. The number of fused-ring (bicyclic) bond motifs is 4. The minimum atomic E-state index is -0.432. The Morgan fingerprint density at radius 3 is 1.77 bits per heavy atom. The first kappa shape index (κ1) is 17.3. The van der Waals surface area contributed by atoms with Crippen LogP contribution in [0.3, 0.4) is 0 Å². The Hall–Kier alpha value is -5.66. The molecular formula is C42H26O. The lowest BCUT2D eigenvalue weighted by atomic mass is 9.83. The van der Waals surface area contributed by atoms with Gasteiger partial charge in [-0.2, -0.15) is 0 Å². The zero-order valence-corrected chi connectivity index (χ0v) is 22.8. The van der Waals surface area contributed by atoms with Gasteiger partial charge in [-0.15, -0.1) is 0 Å². The Labute approximate surface area is 261 Å². The van der Waals surface area contributed by atoms with Crippen molar-refractivity contribution in [2.24, 2.45) is 0 Å². The number of hydrogen-bond acceptors (Lipinski definition) is 1. The van der Waals surface area contributed by atoms with E-state index in [0.29, 0.717) is 33.8 Å². The van der Waals surface area contributed by atoms with Gasteiger partial charge in [0, 0.05) is 10.9 Å². The van der Waals surface area contributed by atoms with Crippen LogP contribution in [0.15, 0.2) is 158 Å². The summed E-state index contributed by atoms with van der Waals surface area (Å²) >= 11 is 0. The van der Waals surface area contributed by atoms with Gasteiger partial charge in [-0.3, -0.25) is 0 Å². The van der Waals surface area contributed by atoms with Crippen molar-refractivity contribution in [3.05, 3.63) is 158 Å². The van der Waals surface area contributed by atoms with Gasteiger partial charge in [0.25, 0.3) is 0 Å². The van der Waals surface area contributed by atoms with Crippen molar-refractivity contribution in [1.82, 2.24) is 0 Å². The molecule has 1 nitrogen and oxygen atoms in total. The Kier molecular flexibility index (Phi) is 3.80. The molecule has 0 radical (unpaired) electrons. The first-order valence-electron chi connectivity index (χ1n) is 18.1. The predicted octanol–water partition coefficient (Wildman–Crippen LogP) is 11.9. The molecule has 8 aromatic rings. The molecule has 0 bridgehead atoms. The van der Waals surface area contributed by atoms with Gasteiger partial charge in [-0.1, -0.05) is 133 Å². The lowest BCUT2D eigenvalue weighted by Gasteiger charge is -2.24. The standard InChI is InChI=1S/C42H26O/c1-2-12-27(13-3-1)28-14-10-15-29(26-28)40-32-17-4-6-19-34(32)41(35-20-7-5-18-33(35)40)37-24-25-39-42-31(21-11-22-36(37)42)30-16-8-9-23-38(30)43-39/h1-26H/i4D,5D,6D,7D,17D,18D,19D,20D. The van der Waals surface area contributed by atoms with Crippen LogP contribution in [0.4, 0.5) is 0 Å². The molecule has 0 aromatic heterocycles. The number of benzene rings is 8. The fourth-order valence-electron chi connectivity index (χ4n) is 6.47. The van der Waals surface area contributed by atoms with Gasteiger partial charge >= 0.3 is 0 Å². The van der Waals surface area contributed by atoms with E-state index in [4.69, 9.17) is 10.2 Å². The first-order valence-corrected chi connectivity index (χ1v) is 14.1. The van der Waals surface area contributed by atoms with Crippen LogP contribution in [-0.4, -0.2) is 0 Å². The van der Waals surface area contributed by atoms with Crippen LogP contribution < -0.4 is 4.74 Å². The van der Waals surface area contributed by atoms with Crippen molar-refractivity contribution in [2.75, 3.05) is 0 Å². The van der Waals surface area contributed by atoms with Crippen LogP contribution in [-0.2, 0) is 0 Å². The molecular weight excluding hydrogens is 520 g/mol. The van der Waals surface area contributed by atoms with Crippen LogP contribution in [0.5, 0.6) is 11.5 Å². The SMILES string of the molecule is [2H]c1c([2H])c([2H])c2c(-c3ccc4c5c(cccc35)-c3ccccc3O4)c3c([2H])c([2H])c([2H])c([2H])c3c(-c3cccc(-c4ccccc4)c3)c2c1[2H]. The van der Waals surface area contributed by atoms with Crippen LogP contribution in [0.25, 0.3) is 76.8 Å². The molecule has 8 aromatic carbocycles. The lowest BCUT2D eigenvalue weighted by molar-refractivity contribution is 0.487. The highest BCUT2D eigenvalue weighted by Crippen LogP contribution is 2.51. The monoisotopic (exact) mass is 554 g/mol. The molecule has 0 amide bonds. The summed E-state index contributed by atoms with van der Waals surface area (Å²) in [6.07, 6.45) is 0. The molecule has 0 unspecified atom stereocenters. The molecule has 0 atom stereocenters. The molecule has 1 aliphatic heterocycles. The van der Waals surface area contributed by atoms with Gasteiger partial charge in [-0.25, -0.2) is 0 Å². The quantitative estimate of drug-likeness (QED) is 0.197. The van der Waals surface area contributed by atoms with Crippen molar-refractivity contribution >= 4 is 32.3 Å². The Balaban J connectivity index is 1.52. The van der Waals surface area contributed by atoms with E-state index in [9.17, 15) is 5.48 Å². The third kappa shape index (κ3) is 3.65. The first-order chi connectivity index (χ1) is 24.7. The van der Waals surface area contributed by atoms with E-state index in [1.54, 1.807) is 0 Å². The van der Waals surface area contributed by atoms with E-state index in [2.05, 4.69) is 0 Å². The fraction of sp³-hybridized carbons (Fsp3) is 0. The minimum absolute atomic E-state index is 0.177. The number of ether oxygens (including phenoxy) is 1. The van der Waals surface area contributed by atoms with Crippen molar-refractivity contribution in [3.8, 4) is 56.0 Å². The van der Waals surface area contributed by atoms with E-state index in [-0.39, 0.29) is 45.7 Å². The molecule has 1 aliphatic rings. The lowest BCUT2D eigenvalue weighted by Crippen LogP contribution is -1.98. The van der Waals surface area contributed by atoms with E-state index in [1.165, 1.54) is 0 Å². The van der Waals surface area contributed by atoms with Crippen molar-refractivity contribution in [3.63, 3.8) is 0 Å². The third-order valence-electron chi connectivity index (χ3n) is 8.30. The number of rotatable bonds is 3. The maximum Gasteiger partial charge on any atom is 0.135 e. The molecule has 200 valence electrons. The summed E-state index contributed by atoms with van der Waals surface area (Å²) in [7, 11) is 0. The predicted molar refractivity (Wildman–Crippen MR) is 181 cm³/mol. The van der Waals surface area contributed by atoms with Crippen molar-refractivity contribution in [1.29, 1.82) is 0 Å². The summed E-state index contributed by atoms with van der Waals surface area (Å²) in [5.41, 5.74) is 5.37. The van der Waals surface area contributed by atoms with Gasteiger partial charge in [0.2, 0.25) is 0 Å². The molecule has 43 heavy (non-hydrogen) atoms. The summed E-state index contributed by atoms with van der Waals surface area (Å²) < 4.78 is 79.0. The van der Waals surface area contributed by atoms with E-state index in [1.807, 2.05) is 109 Å². The van der Waals surface area contributed by atoms with Crippen molar-refractivity contribution < 1.29 is 15.7 Å². The normalized spacial score (nSPS) is 14.5. The largest absolute Gasteiger partial charge is 0.456 e. The highest BCUT2D eigenvalue weighted by molar-refractivity contribution is 6.24. The van der Waals surface area contributed by atoms with Crippen LogP contribution in [0.1, 0.15) is 11.0 Å². The second-order valence-electron chi connectivity index (χ2n) is 10.6. The molecule has 1 heteroatoms. The van der Waals surface area contributed by atoms with Crippen molar-refractivity contribution in [2.45, 2.75) is 0 Å². The second kappa shape index (κ2) is 9.44. The summed E-state index contributed by atoms with van der Waals surface area (Å²) in [5, 5.41) is 2.24. The molecule has 1 heterocycles.